The molecule has 2 aromatic rings. The quantitative estimate of drug-likeness (QED) is 0.0588. The van der Waals surface area contributed by atoms with Crippen LogP contribution in [0.2, 0.25) is 0 Å². The van der Waals surface area contributed by atoms with Crippen molar-refractivity contribution in [3.63, 3.8) is 0 Å². The van der Waals surface area contributed by atoms with Crippen molar-refractivity contribution < 1.29 is 19.2 Å². The van der Waals surface area contributed by atoms with Crippen LogP contribution in [0.3, 0.4) is 0 Å². The Morgan fingerprint density at radius 2 is 1.42 bits per heavy atom. The van der Waals surface area contributed by atoms with Crippen LogP contribution in [0.5, 0.6) is 5.75 Å². The number of nitro benzene ring substituents is 1. The van der Waals surface area contributed by atoms with Crippen molar-refractivity contribution in [1.82, 2.24) is 0 Å². The maximum atomic E-state index is 11.6. The molecule has 2 aliphatic heterocycles. The topological polar surface area (TPSA) is 75.8 Å². The zero-order valence-electron chi connectivity index (χ0n) is 30.7. The molecular formula is C41H64N3O4+. The highest BCUT2D eigenvalue weighted by atomic mass is 16.6. The highest BCUT2D eigenvalue weighted by molar-refractivity contribution is 5.73. The molecule has 0 aliphatic carbocycles. The van der Waals surface area contributed by atoms with Crippen LogP contribution in [0.4, 0.5) is 11.4 Å². The number of ether oxygens (including phenoxy) is 1. The van der Waals surface area contributed by atoms with Crippen LogP contribution in [0.15, 0.2) is 48.5 Å². The van der Waals surface area contributed by atoms with Gasteiger partial charge in [0.2, 0.25) is 5.72 Å². The minimum absolute atomic E-state index is 0.0449. The molecule has 0 saturated carbocycles. The van der Waals surface area contributed by atoms with Gasteiger partial charge in [0.15, 0.2) is 0 Å². The van der Waals surface area contributed by atoms with Gasteiger partial charge >= 0.3 is 0 Å². The monoisotopic (exact) mass is 662 g/mol. The fourth-order valence-electron chi connectivity index (χ4n) is 7.96. The second-order valence-electron chi connectivity index (χ2n) is 15.7. The molecule has 0 radical (unpaired) electrons. The molecule has 48 heavy (non-hydrogen) atoms. The fourth-order valence-corrected chi connectivity index (χ4v) is 7.96. The van der Waals surface area contributed by atoms with E-state index in [2.05, 4.69) is 58.0 Å². The van der Waals surface area contributed by atoms with Gasteiger partial charge in [-0.1, -0.05) is 115 Å². The van der Waals surface area contributed by atoms with Crippen LogP contribution >= 0.6 is 0 Å². The van der Waals surface area contributed by atoms with E-state index in [1.165, 1.54) is 109 Å². The van der Waals surface area contributed by atoms with Gasteiger partial charge in [-0.2, -0.15) is 0 Å². The van der Waals surface area contributed by atoms with Gasteiger partial charge < -0.3 is 19.2 Å². The number of aliphatic hydroxyl groups excluding tert-OH is 1. The van der Waals surface area contributed by atoms with E-state index < -0.39 is 17.2 Å². The molecule has 0 amide bonds. The number of nitro groups is 1. The summed E-state index contributed by atoms with van der Waals surface area (Å²) < 4.78 is 7.59. The Bertz CT molecular complexity index is 1340. The number of para-hydroxylation sites is 1. The summed E-state index contributed by atoms with van der Waals surface area (Å²) in [6.45, 7) is 8.76. The third kappa shape index (κ3) is 9.62. The van der Waals surface area contributed by atoms with Crippen LogP contribution in [-0.2, 0) is 5.41 Å². The summed E-state index contributed by atoms with van der Waals surface area (Å²) in [6.07, 6.45) is 25.3. The van der Waals surface area contributed by atoms with Crippen molar-refractivity contribution in [2.45, 2.75) is 141 Å². The zero-order chi connectivity index (χ0) is 34.6. The maximum Gasteiger partial charge on any atom is 0.270 e. The largest absolute Gasteiger partial charge is 0.463 e. The van der Waals surface area contributed by atoms with Crippen LogP contribution in [0, 0.1) is 10.1 Å². The molecule has 0 bridgehead atoms. The Kier molecular flexibility index (Phi) is 14.0. The molecule has 7 nitrogen and oxygen atoms in total. The van der Waals surface area contributed by atoms with Gasteiger partial charge in [0, 0.05) is 23.4 Å². The molecule has 7 heteroatoms. The van der Waals surface area contributed by atoms with Crippen LogP contribution < -0.4 is 9.64 Å². The fraction of sp³-hybridized carbons (Fsp3) is 0.659. The Balaban J connectivity index is 1.21. The van der Waals surface area contributed by atoms with E-state index in [0.29, 0.717) is 24.4 Å². The number of rotatable bonds is 22. The van der Waals surface area contributed by atoms with Gasteiger partial charge in [0.25, 0.3) is 5.69 Å². The third-order valence-corrected chi connectivity index (χ3v) is 10.8. The van der Waals surface area contributed by atoms with Gasteiger partial charge in [-0.05, 0) is 56.5 Å². The van der Waals surface area contributed by atoms with E-state index in [4.69, 9.17) is 4.74 Å². The van der Waals surface area contributed by atoms with Crippen molar-refractivity contribution in [2.24, 2.45) is 0 Å². The number of hydrogen-bond acceptors (Lipinski definition) is 5. The predicted molar refractivity (Wildman–Crippen MR) is 200 cm³/mol. The van der Waals surface area contributed by atoms with E-state index in [-0.39, 0.29) is 10.6 Å². The molecule has 0 aromatic heterocycles. The lowest BCUT2D eigenvalue weighted by Gasteiger charge is -2.47. The number of fused-ring (bicyclic) bond motifs is 2. The second kappa shape index (κ2) is 17.7. The predicted octanol–water partition coefficient (Wildman–Crippen LogP) is 10.2. The number of likely N-dealkylation sites (N-methyl/N-ethyl adjacent to an activating group) is 1. The molecule has 2 aromatic carbocycles. The van der Waals surface area contributed by atoms with Crippen LogP contribution in [0.1, 0.15) is 135 Å². The number of anilines is 1. The van der Waals surface area contributed by atoms with Crippen molar-refractivity contribution in [3.05, 3.63) is 69.8 Å². The lowest BCUT2D eigenvalue weighted by molar-refractivity contribution is -0.893. The normalized spacial score (nSPS) is 18.5. The Morgan fingerprint density at radius 1 is 0.854 bits per heavy atom. The van der Waals surface area contributed by atoms with E-state index in [1.807, 2.05) is 18.2 Å². The number of benzene rings is 2. The van der Waals surface area contributed by atoms with Crippen molar-refractivity contribution in [2.75, 3.05) is 38.6 Å². The lowest BCUT2D eigenvalue weighted by atomic mass is 9.76. The van der Waals surface area contributed by atoms with Crippen LogP contribution in [0.25, 0.3) is 6.08 Å². The molecule has 1 N–H and O–H groups in total. The molecule has 2 heterocycles. The Morgan fingerprint density at radius 3 is 2.00 bits per heavy atom. The number of hydrogen-bond donors (Lipinski definition) is 1. The SMILES string of the molecule is CCCCCCCCCCCCCCCCCC[N+](C)(C)CC(O)CN1c2ccccc2C(C)(C)C12C=Cc1cc([N+](=O)[O-])ccc1O2. The van der Waals surface area contributed by atoms with Gasteiger partial charge in [-0.3, -0.25) is 10.1 Å². The number of unbranched alkanes of at least 4 members (excludes halogenated alkanes) is 15. The Hall–Kier alpha value is -2.90. The minimum atomic E-state index is -0.869. The first-order chi connectivity index (χ1) is 23.0. The molecule has 2 aliphatic rings. The standard InChI is InChI=1S/C41H64N3O4/c1-6-7-8-9-10-11-12-13-14-15-16-17-18-19-20-23-30-44(4,5)33-36(45)32-42-38-25-22-21-24-37(38)40(2,3)41(42)29-28-34-31-35(43(46)47)26-27-39(34)48-41/h21-22,24-29,31,36,45H,6-20,23,30,32-33H2,1-5H3/q+1. The van der Waals surface area contributed by atoms with Gasteiger partial charge in [0.05, 0.1) is 37.5 Å². The second-order valence-corrected chi connectivity index (χ2v) is 15.7. The summed E-state index contributed by atoms with van der Waals surface area (Å²) in [5.41, 5.74) is 1.65. The van der Waals surface area contributed by atoms with Gasteiger partial charge in [0.1, 0.15) is 18.4 Å². The lowest BCUT2D eigenvalue weighted by Crippen LogP contribution is -2.62. The van der Waals surface area contributed by atoms with Gasteiger partial charge in [-0.15, -0.1) is 0 Å². The number of quaternary nitrogens is 1. The molecule has 2 atom stereocenters. The summed E-state index contributed by atoms with van der Waals surface area (Å²) in [4.78, 5) is 13.2. The molecule has 2 unspecified atom stereocenters. The molecular weight excluding hydrogens is 598 g/mol. The molecule has 0 saturated heterocycles. The minimum Gasteiger partial charge on any atom is -0.463 e. The molecule has 0 fully saturated rings. The third-order valence-electron chi connectivity index (χ3n) is 10.8. The summed E-state index contributed by atoms with van der Waals surface area (Å²) >= 11 is 0. The van der Waals surface area contributed by atoms with E-state index in [1.54, 1.807) is 12.1 Å². The summed E-state index contributed by atoms with van der Waals surface area (Å²) in [7, 11) is 4.46. The molecule has 1 spiro atoms. The zero-order valence-corrected chi connectivity index (χ0v) is 30.7. The van der Waals surface area contributed by atoms with E-state index in [9.17, 15) is 15.2 Å². The Labute approximate surface area is 291 Å². The first-order valence-corrected chi connectivity index (χ1v) is 19.0. The highest BCUT2D eigenvalue weighted by Crippen LogP contribution is 2.55. The van der Waals surface area contributed by atoms with Crippen molar-refractivity contribution >= 4 is 17.5 Å². The smallest absolute Gasteiger partial charge is 0.270 e. The van der Waals surface area contributed by atoms with Gasteiger partial charge in [-0.25, -0.2) is 0 Å². The average molecular weight is 663 g/mol. The average Bonchev–Trinajstić information content (AvgIpc) is 3.22. The highest BCUT2D eigenvalue weighted by Gasteiger charge is 2.59. The maximum absolute atomic E-state index is 11.6. The number of nitrogens with zero attached hydrogens (tertiary/aromatic N) is 3. The number of aliphatic hydroxyl groups is 1. The van der Waals surface area contributed by atoms with Crippen LogP contribution in [-0.4, -0.2) is 60.1 Å². The summed E-state index contributed by atoms with van der Waals surface area (Å²) in [6, 6.07) is 13.1. The van der Waals surface area contributed by atoms with Crippen molar-refractivity contribution in [1.29, 1.82) is 0 Å². The first kappa shape index (κ1) is 37.9. The number of non-ortho nitro benzene ring substituents is 1. The molecule has 266 valence electrons. The molecule has 4 rings (SSSR count). The van der Waals surface area contributed by atoms with Crippen molar-refractivity contribution in [3.8, 4) is 5.75 Å². The summed E-state index contributed by atoms with van der Waals surface area (Å²) in [5.74, 6) is 0.614. The van der Waals surface area contributed by atoms with E-state index in [0.717, 1.165) is 22.3 Å². The number of β-amino-alcohol motifs (C(OH)–C–C–N with tert-alkyl or cyclic N) is 1. The first-order valence-electron chi connectivity index (χ1n) is 19.0. The summed E-state index contributed by atoms with van der Waals surface area (Å²) in [5, 5.41) is 23.0. The van der Waals surface area contributed by atoms with E-state index >= 15 is 0 Å².